The summed E-state index contributed by atoms with van der Waals surface area (Å²) in [7, 11) is 0. The smallest absolute Gasteiger partial charge is 0.0741 e. The summed E-state index contributed by atoms with van der Waals surface area (Å²) in [5.41, 5.74) is 3.17. The van der Waals surface area contributed by atoms with Gasteiger partial charge in [0, 0.05) is 17.3 Å². The van der Waals surface area contributed by atoms with Crippen molar-refractivity contribution in [3.63, 3.8) is 0 Å². The number of rotatable bonds is 1. The molecular weight excluding hydrogens is 198 g/mol. The molecular formula is C13H11N3. The first-order valence-electron chi connectivity index (χ1n) is 5.20. The van der Waals surface area contributed by atoms with E-state index in [9.17, 15) is 0 Å². The monoisotopic (exact) mass is 209 g/mol. The third kappa shape index (κ3) is 1.37. The normalized spacial score (nSPS) is 10.8. The molecule has 2 aromatic heterocycles. The van der Waals surface area contributed by atoms with Gasteiger partial charge >= 0.3 is 0 Å². The van der Waals surface area contributed by atoms with Gasteiger partial charge < -0.3 is 0 Å². The zero-order valence-electron chi connectivity index (χ0n) is 8.96. The second kappa shape index (κ2) is 3.45. The zero-order chi connectivity index (χ0) is 11.0. The minimum Gasteiger partial charge on any atom is -0.261 e. The fraction of sp³-hybridized carbons (Fsp3) is 0.0769. The lowest BCUT2D eigenvalue weighted by Crippen LogP contribution is -1.96. The molecule has 0 bridgehead atoms. The Morgan fingerprint density at radius 3 is 2.88 bits per heavy atom. The number of hydrogen-bond donors (Lipinski definition) is 0. The van der Waals surface area contributed by atoms with Gasteiger partial charge in [-0.2, -0.15) is 5.10 Å². The Morgan fingerprint density at radius 2 is 2.00 bits per heavy atom. The fourth-order valence-corrected chi connectivity index (χ4v) is 1.84. The van der Waals surface area contributed by atoms with Gasteiger partial charge in [-0.05, 0) is 25.1 Å². The number of hydrogen-bond acceptors (Lipinski definition) is 2. The van der Waals surface area contributed by atoms with Gasteiger partial charge in [-0.15, -0.1) is 0 Å². The van der Waals surface area contributed by atoms with E-state index < -0.39 is 0 Å². The molecule has 3 aromatic rings. The van der Waals surface area contributed by atoms with Crippen LogP contribution in [0, 0.1) is 6.92 Å². The largest absolute Gasteiger partial charge is 0.261 e. The molecule has 0 atom stereocenters. The van der Waals surface area contributed by atoms with Crippen LogP contribution in [-0.2, 0) is 0 Å². The maximum atomic E-state index is 4.40. The number of fused-ring (bicyclic) bond motifs is 1. The lowest BCUT2D eigenvalue weighted by Gasteiger charge is -2.03. The molecule has 16 heavy (non-hydrogen) atoms. The van der Waals surface area contributed by atoms with E-state index in [0.29, 0.717) is 0 Å². The van der Waals surface area contributed by atoms with Crippen LogP contribution < -0.4 is 0 Å². The highest BCUT2D eigenvalue weighted by Crippen LogP contribution is 2.17. The van der Waals surface area contributed by atoms with Crippen LogP contribution in [0.3, 0.4) is 0 Å². The standard InChI is InChI=1S/C13H11N3/c1-10-8-12(6-7-14-10)16-13-5-3-2-4-11(13)9-15-16/h2-9H,1H3. The lowest BCUT2D eigenvalue weighted by atomic mass is 10.2. The van der Waals surface area contributed by atoms with Crippen molar-refractivity contribution < 1.29 is 0 Å². The van der Waals surface area contributed by atoms with Gasteiger partial charge in [-0.1, -0.05) is 18.2 Å². The van der Waals surface area contributed by atoms with E-state index >= 15 is 0 Å². The average Bonchev–Trinajstić information content (AvgIpc) is 2.72. The Morgan fingerprint density at radius 1 is 1.12 bits per heavy atom. The van der Waals surface area contributed by atoms with Crippen molar-refractivity contribution in [2.75, 3.05) is 0 Å². The topological polar surface area (TPSA) is 30.7 Å². The summed E-state index contributed by atoms with van der Waals surface area (Å²) in [6.07, 6.45) is 3.69. The summed E-state index contributed by atoms with van der Waals surface area (Å²) < 4.78 is 1.93. The highest BCUT2D eigenvalue weighted by Gasteiger charge is 2.03. The molecule has 0 aliphatic rings. The van der Waals surface area contributed by atoms with Gasteiger partial charge in [-0.25, -0.2) is 4.68 Å². The molecule has 3 nitrogen and oxygen atoms in total. The quantitative estimate of drug-likeness (QED) is 0.617. The molecule has 0 N–H and O–H groups in total. The van der Waals surface area contributed by atoms with Gasteiger partial charge in [0.25, 0.3) is 0 Å². The second-order valence-corrected chi connectivity index (χ2v) is 3.77. The van der Waals surface area contributed by atoms with Crippen molar-refractivity contribution >= 4 is 10.9 Å². The van der Waals surface area contributed by atoms with Gasteiger partial charge in [0.2, 0.25) is 0 Å². The number of nitrogens with zero attached hydrogens (tertiary/aromatic N) is 3. The summed E-state index contributed by atoms with van der Waals surface area (Å²) in [4.78, 5) is 4.19. The predicted molar refractivity (Wildman–Crippen MR) is 63.6 cm³/mol. The molecule has 0 aliphatic carbocycles. The molecule has 3 rings (SSSR count). The zero-order valence-corrected chi connectivity index (χ0v) is 8.96. The van der Waals surface area contributed by atoms with Gasteiger partial charge in [-0.3, -0.25) is 4.98 Å². The summed E-state index contributed by atoms with van der Waals surface area (Å²) in [6, 6.07) is 12.2. The predicted octanol–water partition coefficient (Wildman–Crippen LogP) is 2.73. The van der Waals surface area contributed by atoms with Crippen LogP contribution in [0.1, 0.15) is 5.69 Å². The van der Waals surface area contributed by atoms with E-state index in [-0.39, 0.29) is 0 Å². The molecule has 0 spiro atoms. The van der Waals surface area contributed by atoms with Crippen LogP contribution in [0.25, 0.3) is 16.6 Å². The molecule has 3 heteroatoms. The summed E-state index contributed by atoms with van der Waals surface area (Å²) >= 11 is 0. The Kier molecular flexibility index (Phi) is 1.96. The van der Waals surface area contributed by atoms with Crippen LogP contribution in [0.15, 0.2) is 48.8 Å². The Balaban J connectivity index is 2.26. The van der Waals surface area contributed by atoms with Crippen LogP contribution in [-0.4, -0.2) is 14.8 Å². The van der Waals surface area contributed by atoms with E-state index in [2.05, 4.69) is 22.2 Å². The minimum atomic E-state index is 0.997. The van der Waals surface area contributed by atoms with Crippen LogP contribution >= 0.6 is 0 Å². The van der Waals surface area contributed by atoms with Crippen LogP contribution in [0.5, 0.6) is 0 Å². The second-order valence-electron chi connectivity index (χ2n) is 3.77. The average molecular weight is 209 g/mol. The fourth-order valence-electron chi connectivity index (χ4n) is 1.84. The van der Waals surface area contributed by atoms with E-state index in [4.69, 9.17) is 0 Å². The minimum absolute atomic E-state index is 0.997. The van der Waals surface area contributed by atoms with Crippen molar-refractivity contribution in [3.05, 3.63) is 54.5 Å². The number of aromatic nitrogens is 3. The number of benzene rings is 1. The number of aryl methyl sites for hydroxylation is 1. The molecule has 1 aromatic carbocycles. The molecule has 0 radical (unpaired) electrons. The van der Waals surface area contributed by atoms with E-state index in [1.54, 1.807) is 6.20 Å². The first kappa shape index (κ1) is 9.09. The molecule has 0 amide bonds. The Bertz CT molecular complexity index is 640. The molecule has 0 saturated carbocycles. The van der Waals surface area contributed by atoms with E-state index in [1.807, 2.05) is 42.1 Å². The Hall–Kier alpha value is -2.16. The van der Waals surface area contributed by atoms with Gasteiger partial charge in [0.05, 0.1) is 17.4 Å². The number of para-hydroxylation sites is 1. The third-order valence-corrected chi connectivity index (χ3v) is 2.60. The maximum absolute atomic E-state index is 4.40. The highest BCUT2D eigenvalue weighted by molar-refractivity contribution is 5.80. The van der Waals surface area contributed by atoms with Gasteiger partial charge in [0.1, 0.15) is 0 Å². The lowest BCUT2D eigenvalue weighted by molar-refractivity contribution is 0.904. The SMILES string of the molecule is Cc1cc(-n2ncc3ccccc32)ccn1. The van der Waals surface area contributed by atoms with E-state index in [0.717, 1.165) is 22.3 Å². The van der Waals surface area contributed by atoms with Crippen LogP contribution in [0.4, 0.5) is 0 Å². The molecule has 78 valence electrons. The van der Waals surface area contributed by atoms with Crippen LogP contribution in [0.2, 0.25) is 0 Å². The van der Waals surface area contributed by atoms with E-state index in [1.165, 1.54) is 0 Å². The summed E-state index contributed by atoms with van der Waals surface area (Å²) in [6.45, 7) is 1.98. The first-order valence-corrected chi connectivity index (χ1v) is 5.20. The van der Waals surface area contributed by atoms with Crippen molar-refractivity contribution in [2.45, 2.75) is 6.92 Å². The van der Waals surface area contributed by atoms with Crippen molar-refractivity contribution in [1.82, 2.24) is 14.8 Å². The molecule has 0 unspecified atom stereocenters. The maximum Gasteiger partial charge on any atom is 0.0741 e. The molecule has 0 saturated heterocycles. The third-order valence-electron chi connectivity index (χ3n) is 2.60. The summed E-state index contributed by atoms with van der Waals surface area (Å²) in [5.74, 6) is 0. The Labute approximate surface area is 93.4 Å². The molecule has 2 heterocycles. The number of pyridine rings is 1. The van der Waals surface area contributed by atoms with Crippen molar-refractivity contribution in [3.8, 4) is 5.69 Å². The molecule has 0 fully saturated rings. The molecule has 0 aliphatic heterocycles. The van der Waals surface area contributed by atoms with Crippen molar-refractivity contribution in [1.29, 1.82) is 0 Å². The van der Waals surface area contributed by atoms with Gasteiger partial charge in [0.15, 0.2) is 0 Å². The summed E-state index contributed by atoms with van der Waals surface area (Å²) in [5, 5.41) is 5.55. The highest BCUT2D eigenvalue weighted by atomic mass is 15.3. The van der Waals surface area contributed by atoms with Crippen molar-refractivity contribution in [2.24, 2.45) is 0 Å². The first-order chi connectivity index (χ1) is 7.84.